The fraction of sp³-hybridized carbons (Fsp3) is 0.524. The standard InChI is InChI=1S/C21H25ClN2O5S/c1-30(26,27)23-17-5-3-11-24-18(17)12-28-15-9-7-14(8-10-15)21-16(22)4-2-6-19(21)29-13-20(24)25/h2,4,6,12,14-15H,3,5,7-11,13H2,1H3/b18-12-,23-17+. The van der Waals surface area contributed by atoms with Gasteiger partial charge in [-0.1, -0.05) is 17.7 Å². The Kier molecular flexibility index (Phi) is 6.06. The number of benzene rings is 1. The van der Waals surface area contributed by atoms with Crippen molar-refractivity contribution in [1.82, 2.24) is 4.90 Å². The highest BCUT2D eigenvalue weighted by Crippen LogP contribution is 2.42. The van der Waals surface area contributed by atoms with E-state index in [2.05, 4.69) is 4.40 Å². The average Bonchev–Trinajstić information content (AvgIpc) is 2.71. The second kappa shape index (κ2) is 8.59. The Bertz CT molecular complexity index is 997. The highest BCUT2D eigenvalue weighted by Gasteiger charge is 2.31. The second-order valence-electron chi connectivity index (χ2n) is 7.97. The summed E-state index contributed by atoms with van der Waals surface area (Å²) >= 11 is 6.50. The monoisotopic (exact) mass is 452 g/mol. The molecule has 2 fully saturated rings. The van der Waals surface area contributed by atoms with E-state index in [1.165, 1.54) is 11.2 Å². The Hall–Kier alpha value is -2.06. The van der Waals surface area contributed by atoms with Crippen LogP contribution in [-0.4, -0.2) is 50.4 Å². The number of sulfonamides is 1. The lowest BCUT2D eigenvalue weighted by Gasteiger charge is -2.31. The summed E-state index contributed by atoms with van der Waals surface area (Å²) in [4.78, 5) is 14.5. The van der Waals surface area contributed by atoms with Crippen molar-refractivity contribution in [2.45, 2.75) is 50.5 Å². The number of fused-ring (bicyclic) bond motifs is 5. The van der Waals surface area contributed by atoms with Crippen LogP contribution in [0.3, 0.4) is 0 Å². The zero-order valence-electron chi connectivity index (χ0n) is 16.8. The van der Waals surface area contributed by atoms with Crippen LogP contribution in [-0.2, 0) is 19.6 Å². The van der Waals surface area contributed by atoms with Gasteiger partial charge >= 0.3 is 0 Å². The molecule has 3 heterocycles. The number of ether oxygens (including phenoxy) is 2. The fourth-order valence-electron chi connectivity index (χ4n) is 4.40. The molecule has 0 aromatic heterocycles. The van der Waals surface area contributed by atoms with Gasteiger partial charge in [-0.05, 0) is 56.6 Å². The number of carbonyl (C=O) groups excluding carboxylic acids is 1. The van der Waals surface area contributed by atoms with Gasteiger partial charge in [0, 0.05) is 17.1 Å². The SMILES string of the molecule is CS(=O)(=O)/N=C1CCCN2C(=O)COc3cccc(Cl)c3C3CCC(CC3)O\C=C\12. The molecule has 4 aliphatic rings. The first-order chi connectivity index (χ1) is 14.3. The molecule has 1 aromatic carbocycles. The fourth-order valence-corrected chi connectivity index (χ4v) is 5.30. The van der Waals surface area contributed by atoms with E-state index in [4.69, 9.17) is 21.1 Å². The molecule has 3 aliphatic heterocycles. The summed E-state index contributed by atoms with van der Waals surface area (Å²) in [5, 5.41) is 0.651. The Morgan fingerprint density at radius 3 is 2.70 bits per heavy atom. The van der Waals surface area contributed by atoms with Gasteiger partial charge in [0.1, 0.15) is 17.7 Å². The van der Waals surface area contributed by atoms with Crippen molar-refractivity contribution in [3.63, 3.8) is 0 Å². The maximum absolute atomic E-state index is 13.0. The Morgan fingerprint density at radius 1 is 1.20 bits per heavy atom. The number of nitrogens with zero attached hydrogens (tertiary/aromatic N) is 2. The van der Waals surface area contributed by atoms with E-state index in [1.807, 2.05) is 18.2 Å². The van der Waals surface area contributed by atoms with Crippen LogP contribution >= 0.6 is 11.6 Å². The van der Waals surface area contributed by atoms with Crippen LogP contribution in [0.15, 0.2) is 34.6 Å². The van der Waals surface area contributed by atoms with Crippen LogP contribution in [0.2, 0.25) is 5.02 Å². The summed E-state index contributed by atoms with van der Waals surface area (Å²) in [7, 11) is -3.60. The molecule has 0 unspecified atom stereocenters. The summed E-state index contributed by atoms with van der Waals surface area (Å²) in [6, 6.07) is 5.52. The summed E-state index contributed by atoms with van der Waals surface area (Å²) in [5.41, 5.74) is 1.72. The third kappa shape index (κ3) is 4.64. The van der Waals surface area contributed by atoms with Crippen LogP contribution in [0, 0.1) is 0 Å². The molecule has 2 bridgehead atoms. The summed E-state index contributed by atoms with van der Waals surface area (Å²) in [6.07, 6.45) is 7.13. The number of rotatable bonds is 1. The maximum atomic E-state index is 13.0. The van der Waals surface area contributed by atoms with Crippen LogP contribution in [0.25, 0.3) is 0 Å². The minimum atomic E-state index is -3.60. The maximum Gasteiger partial charge on any atom is 0.265 e. The van der Waals surface area contributed by atoms with Crippen molar-refractivity contribution >= 4 is 33.2 Å². The molecule has 1 aromatic rings. The molecule has 0 spiro atoms. The Labute approximate surface area is 181 Å². The Balaban J connectivity index is 1.72. The topological polar surface area (TPSA) is 85.3 Å². The minimum Gasteiger partial charge on any atom is -0.496 e. The lowest BCUT2D eigenvalue weighted by Crippen LogP contribution is -2.41. The van der Waals surface area contributed by atoms with E-state index in [9.17, 15) is 13.2 Å². The van der Waals surface area contributed by atoms with E-state index in [0.29, 0.717) is 41.6 Å². The van der Waals surface area contributed by atoms with Crippen molar-refractivity contribution in [1.29, 1.82) is 0 Å². The molecule has 0 radical (unpaired) electrons. The van der Waals surface area contributed by atoms with Gasteiger partial charge in [-0.15, -0.1) is 0 Å². The van der Waals surface area contributed by atoms with Crippen LogP contribution in [0.1, 0.15) is 50.0 Å². The molecular weight excluding hydrogens is 428 g/mol. The zero-order chi connectivity index (χ0) is 21.3. The molecule has 1 saturated heterocycles. The van der Waals surface area contributed by atoms with E-state index in [-0.39, 0.29) is 24.5 Å². The van der Waals surface area contributed by atoms with Crippen molar-refractivity contribution in [3.8, 4) is 5.75 Å². The molecule has 30 heavy (non-hydrogen) atoms. The van der Waals surface area contributed by atoms with Gasteiger partial charge in [0.15, 0.2) is 6.61 Å². The molecule has 162 valence electrons. The van der Waals surface area contributed by atoms with Gasteiger partial charge in [-0.25, -0.2) is 8.42 Å². The first kappa shape index (κ1) is 21.2. The first-order valence-corrected chi connectivity index (χ1v) is 12.4. The van der Waals surface area contributed by atoms with E-state index < -0.39 is 10.0 Å². The smallest absolute Gasteiger partial charge is 0.265 e. The summed E-state index contributed by atoms with van der Waals surface area (Å²) < 4.78 is 39.4. The summed E-state index contributed by atoms with van der Waals surface area (Å²) in [5.74, 6) is 0.609. The van der Waals surface area contributed by atoms with Crippen molar-refractivity contribution in [2.75, 3.05) is 19.4 Å². The molecule has 7 nitrogen and oxygen atoms in total. The number of piperidine rings is 1. The molecule has 0 atom stereocenters. The van der Waals surface area contributed by atoms with E-state index in [0.717, 1.165) is 37.5 Å². The van der Waals surface area contributed by atoms with Gasteiger partial charge < -0.3 is 14.4 Å². The van der Waals surface area contributed by atoms with Gasteiger partial charge in [-0.3, -0.25) is 4.79 Å². The first-order valence-electron chi connectivity index (χ1n) is 10.2. The predicted octanol–water partition coefficient (Wildman–Crippen LogP) is 3.64. The lowest BCUT2D eigenvalue weighted by atomic mass is 9.82. The quantitative estimate of drug-likeness (QED) is 0.649. The number of amides is 1. The van der Waals surface area contributed by atoms with Gasteiger partial charge in [0.25, 0.3) is 15.9 Å². The molecule has 9 heteroatoms. The number of allylic oxidation sites excluding steroid dienone is 1. The van der Waals surface area contributed by atoms with Crippen LogP contribution in [0.4, 0.5) is 0 Å². The normalized spacial score (nSPS) is 28.1. The van der Waals surface area contributed by atoms with Crippen molar-refractivity contribution < 1.29 is 22.7 Å². The molecule has 1 amide bonds. The molecule has 1 aliphatic carbocycles. The van der Waals surface area contributed by atoms with E-state index >= 15 is 0 Å². The molecule has 5 rings (SSSR count). The third-order valence-electron chi connectivity index (χ3n) is 5.78. The third-order valence-corrected chi connectivity index (χ3v) is 6.66. The number of hydrogen-bond acceptors (Lipinski definition) is 5. The van der Waals surface area contributed by atoms with Gasteiger partial charge in [-0.2, -0.15) is 4.40 Å². The molecule has 0 N–H and O–H groups in total. The number of halogens is 1. The van der Waals surface area contributed by atoms with E-state index in [1.54, 1.807) is 0 Å². The average molecular weight is 453 g/mol. The van der Waals surface area contributed by atoms with Gasteiger partial charge in [0.2, 0.25) is 0 Å². The largest absolute Gasteiger partial charge is 0.496 e. The highest BCUT2D eigenvalue weighted by molar-refractivity contribution is 7.89. The lowest BCUT2D eigenvalue weighted by molar-refractivity contribution is -0.131. The zero-order valence-corrected chi connectivity index (χ0v) is 18.4. The molecular formula is C21H25ClN2O5S. The summed E-state index contributed by atoms with van der Waals surface area (Å²) in [6.45, 7) is 0.281. The van der Waals surface area contributed by atoms with Crippen LogP contribution in [0.5, 0.6) is 5.75 Å². The Morgan fingerprint density at radius 2 is 1.97 bits per heavy atom. The van der Waals surface area contributed by atoms with Crippen LogP contribution < -0.4 is 4.74 Å². The van der Waals surface area contributed by atoms with Crippen molar-refractivity contribution in [3.05, 3.63) is 40.7 Å². The number of hydrogen-bond donors (Lipinski definition) is 0. The number of carbonyl (C=O) groups is 1. The minimum absolute atomic E-state index is 0.000258. The second-order valence-corrected chi connectivity index (χ2v) is 10.0. The predicted molar refractivity (Wildman–Crippen MR) is 114 cm³/mol. The highest BCUT2D eigenvalue weighted by atomic mass is 35.5. The molecule has 1 saturated carbocycles. The van der Waals surface area contributed by atoms with Gasteiger partial charge in [0.05, 0.1) is 18.1 Å². The van der Waals surface area contributed by atoms with Crippen molar-refractivity contribution in [2.24, 2.45) is 4.40 Å².